The van der Waals surface area contributed by atoms with E-state index >= 15 is 0 Å². The van der Waals surface area contributed by atoms with Crippen molar-refractivity contribution in [2.75, 3.05) is 53.6 Å². The third kappa shape index (κ3) is 4.05. The second kappa shape index (κ2) is 8.77. The van der Waals surface area contributed by atoms with Crippen LogP contribution in [-0.2, 0) is 16.1 Å². The molecule has 154 valence electrons. The Bertz CT molecular complexity index is 1010. The fourth-order valence-corrected chi connectivity index (χ4v) is 3.75. The Hall–Kier alpha value is -2.68. The molecule has 4 rings (SSSR count). The summed E-state index contributed by atoms with van der Waals surface area (Å²) in [6.07, 6.45) is 1.69. The van der Waals surface area contributed by atoms with Gasteiger partial charge in [-0.25, -0.2) is 4.98 Å². The number of carbonyl (C=O) groups excluding carboxylic acids is 1. The van der Waals surface area contributed by atoms with E-state index in [9.17, 15) is 4.79 Å². The van der Waals surface area contributed by atoms with Gasteiger partial charge in [0.1, 0.15) is 18.1 Å². The summed E-state index contributed by atoms with van der Waals surface area (Å²) < 4.78 is 16.8. The molecule has 0 unspecified atom stereocenters. The number of fused-ring (bicyclic) bond motifs is 3. The van der Waals surface area contributed by atoms with E-state index in [4.69, 9.17) is 14.2 Å². The highest BCUT2D eigenvalue weighted by atomic mass is 16.5. The number of ether oxygens (including phenoxy) is 3. The van der Waals surface area contributed by atoms with Gasteiger partial charge in [0.05, 0.1) is 31.5 Å². The first-order valence-corrected chi connectivity index (χ1v) is 9.78. The minimum Gasteiger partial charge on any atom is -0.492 e. The SMILES string of the molecule is CNC(=O)c1ncc2[nH]c3ccc(OCCN4CCOCC4)cc3c2c1COC. The maximum absolute atomic E-state index is 12.3. The molecule has 0 saturated carbocycles. The van der Waals surface area contributed by atoms with E-state index in [2.05, 4.69) is 20.2 Å². The minimum absolute atomic E-state index is 0.230. The van der Waals surface area contributed by atoms with Crippen molar-refractivity contribution in [3.63, 3.8) is 0 Å². The van der Waals surface area contributed by atoms with Crippen LogP contribution in [0, 0.1) is 0 Å². The molecule has 0 radical (unpaired) electrons. The smallest absolute Gasteiger partial charge is 0.270 e. The Balaban J connectivity index is 1.65. The van der Waals surface area contributed by atoms with E-state index in [1.165, 1.54) is 0 Å². The summed E-state index contributed by atoms with van der Waals surface area (Å²) >= 11 is 0. The van der Waals surface area contributed by atoms with Crippen molar-refractivity contribution >= 4 is 27.7 Å². The Morgan fingerprint density at radius 1 is 1.31 bits per heavy atom. The Morgan fingerprint density at radius 2 is 2.14 bits per heavy atom. The van der Waals surface area contributed by atoms with Crippen molar-refractivity contribution in [3.8, 4) is 5.75 Å². The number of hydrogen-bond donors (Lipinski definition) is 2. The number of aromatic amines is 1. The van der Waals surface area contributed by atoms with Crippen molar-refractivity contribution in [1.82, 2.24) is 20.2 Å². The molecule has 0 atom stereocenters. The van der Waals surface area contributed by atoms with Gasteiger partial charge in [0.25, 0.3) is 5.91 Å². The number of morpholine rings is 1. The van der Waals surface area contributed by atoms with E-state index in [0.717, 1.165) is 66.0 Å². The number of pyridine rings is 1. The van der Waals surface area contributed by atoms with Crippen LogP contribution in [0.3, 0.4) is 0 Å². The molecule has 0 spiro atoms. The largest absolute Gasteiger partial charge is 0.492 e. The summed E-state index contributed by atoms with van der Waals surface area (Å²) in [7, 11) is 3.21. The number of nitrogens with one attached hydrogen (secondary N) is 2. The molecule has 8 heteroatoms. The van der Waals surface area contributed by atoms with Crippen molar-refractivity contribution in [3.05, 3.63) is 35.7 Å². The third-order valence-corrected chi connectivity index (χ3v) is 5.22. The number of benzene rings is 1. The van der Waals surface area contributed by atoms with Gasteiger partial charge in [0, 0.05) is 55.6 Å². The summed E-state index contributed by atoms with van der Waals surface area (Å²) in [5.74, 6) is 0.569. The average Bonchev–Trinajstić information content (AvgIpc) is 3.12. The van der Waals surface area contributed by atoms with Crippen molar-refractivity contribution < 1.29 is 19.0 Å². The summed E-state index contributed by atoms with van der Waals surface area (Å²) in [4.78, 5) is 22.3. The van der Waals surface area contributed by atoms with Crippen LogP contribution in [0.15, 0.2) is 24.4 Å². The Labute approximate surface area is 169 Å². The molecular weight excluding hydrogens is 372 g/mol. The molecule has 1 amide bonds. The maximum Gasteiger partial charge on any atom is 0.270 e. The average molecular weight is 398 g/mol. The molecule has 0 bridgehead atoms. The molecule has 2 N–H and O–H groups in total. The van der Waals surface area contributed by atoms with E-state index in [0.29, 0.717) is 18.9 Å². The summed E-state index contributed by atoms with van der Waals surface area (Å²) in [6, 6.07) is 5.97. The van der Waals surface area contributed by atoms with Gasteiger partial charge in [0.15, 0.2) is 0 Å². The molecule has 3 aromatic rings. The monoisotopic (exact) mass is 398 g/mol. The number of methoxy groups -OCH3 is 1. The zero-order valence-electron chi connectivity index (χ0n) is 16.8. The van der Waals surface area contributed by atoms with Gasteiger partial charge in [-0.05, 0) is 18.2 Å². The predicted octanol–water partition coefficient (Wildman–Crippen LogP) is 1.93. The molecule has 1 aliphatic rings. The number of aromatic nitrogens is 2. The Morgan fingerprint density at radius 3 is 2.90 bits per heavy atom. The lowest BCUT2D eigenvalue weighted by Crippen LogP contribution is -2.38. The van der Waals surface area contributed by atoms with Gasteiger partial charge in [-0.2, -0.15) is 0 Å². The van der Waals surface area contributed by atoms with Gasteiger partial charge in [0.2, 0.25) is 0 Å². The van der Waals surface area contributed by atoms with Gasteiger partial charge in [-0.15, -0.1) is 0 Å². The van der Waals surface area contributed by atoms with Gasteiger partial charge in [-0.3, -0.25) is 9.69 Å². The summed E-state index contributed by atoms with van der Waals surface area (Å²) in [6.45, 7) is 5.23. The number of rotatable bonds is 7. The van der Waals surface area contributed by atoms with Crippen molar-refractivity contribution in [1.29, 1.82) is 0 Å². The van der Waals surface area contributed by atoms with Crippen LogP contribution in [0.25, 0.3) is 21.8 Å². The number of hydrogen-bond acceptors (Lipinski definition) is 6. The number of amides is 1. The fourth-order valence-electron chi connectivity index (χ4n) is 3.75. The fraction of sp³-hybridized carbons (Fsp3) is 0.429. The van der Waals surface area contributed by atoms with E-state index < -0.39 is 0 Å². The summed E-state index contributed by atoms with van der Waals surface area (Å²) in [5, 5.41) is 4.58. The highest BCUT2D eigenvalue weighted by Crippen LogP contribution is 2.32. The Kier molecular flexibility index (Phi) is 5.94. The highest BCUT2D eigenvalue weighted by Gasteiger charge is 2.19. The second-order valence-corrected chi connectivity index (χ2v) is 7.02. The predicted molar refractivity (Wildman–Crippen MR) is 110 cm³/mol. The minimum atomic E-state index is -0.230. The van der Waals surface area contributed by atoms with Crippen LogP contribution in [0.1, 0.15) is 16.1 Å². The third-order valence-electron chi connectivity index (χ3n) is 5.22. The van der Waals surface area contributed by atoms with E-state index in [-0.39, 0.29) is 5.91 Å². The van der Waals surface area contributed by atoms with Crippen LogP contribution in [-0.4, -0.2) is 74.4 Å². The van der Waals surface area contributed by atoms with Crippen LogP contribution >= 0.6 is 0 Å². The lowest BCUT2D eigenvalue weighted by atomic mass is 10.1. The molecule has 0 aliphatic carbocycles. The lowest BCUT2D eigenvalue weighted by Gasteiger charge is -2.26. The highest BCUT2D eigenvalue weighted by molar-refractivity contribution is 6.11. The first kappa shape index (κ1) is 19.6. The number of H-pyrrole nitrogens is 1. The van der Waals surface area contributed by atoms with Crippen molar-refractivity contribution in [2.24, 2.45) is 0 Å². The van der Waals surface area contributed by atoms with Crippen LogP contribution < -0.4 is 10.1 Å². The second-order valence-electron chi connectivity index (χ2n) is 7.02. The van der Waals surface area contributed by atoms with Gasteiger partial charge in [-0.1, -0.05) is 0 Å². The zero-order valence-corrected chi connectivity index (χ0v) is 16.8. The number of carbonyl (C=O) groups is 1. The summed E-state index contributed by atoms with van der Waals surface area (Å²) in [5.41, 5.74) is 2.97. The normalized spacial score (nSPS) is 15.1. The standard InChI is InChI=1S/C21H26N4O4/c1-22-21(26)20-16(13-27-2)19-15-11-14(3-4-17(15)24-18(19)12-23-20)29-10-7-25-5-8-28-9-6-25/h3-4,11-12,24H,5-10,13H2,1-2H3,(H,22,26). The topological polar surface area (TPSA) is 88.7 Å². The van der Waals surface area contributed by atoms with Crippen LogP contribution in [0.5, 0.6) is 5.75 Å². The quantitative estimate of drug-likeness (QED) is 0.632. The molecular formula is C21H26N4O4. The first-order chi connectivity index (χ1) is 14.2. The van der Waals surface area contributed by atoms with E-state index in [1.807, 2.05) is 18.2 Å². The van der Waals surface area contributed by atoms with Crippen LogP contribution in [0.4, 0.5) is 0 Å². The molecule has 1 fully saturated rings. The molecule has 29 heavy (non-hydrogen) atoms. The maximum atomic E-state index is 12.3. The zero-order chi connectivity index (χ0) is 20.2. The van der Waals surface area contributed by atoms with Gasteiger partial charge < -0.3 is 24.5 Å². The molecule has 1 aliphatic heterocycles. The van der Waals surface area contributed by atoms with Crippen LogP contribution in [0.2, 0.25) is 0 Å². The molecule has 2 aromatic heterocycles. The van der Waals surface area contributed by atoms with Crippen molar-refractivity contribution in [2.45, 2.75) is 6.61 Å². The number of nitrogens with zero attached hydrogens (tertiary/aromatic N) is 2. The molecule has 8 nitrogen and oxygen atoms in total. The lowest BCUT2D eigenvalue weighted by molar-refractivity contribution is 0.0322. The van der Waals surface area contributed by atoms with Gasteiger partial charge >= 0.3 is 0 Å². The molecule has 3 heterocycles. The molecule has 1 saturated heterocycles. The van der Waals surface area contributed by atoms with E-state index in [1.54, 1.807) is 20.4 Å². The first-order valence-electron chi connectivity index (χ1n) is 9.78. The molecule has 1 aromatic carbocycles.